The zero-order valence-electron chi connectivity index (χ0n) is 15.9. The highest BCUT2D eigenvalue weighted by Gasteiger charge is 2.38. The quantitative estimate of drug-likeness (QED) is 0.412. The molecule has 170 valence electrons. The molecule has 1 fully saturated rings. The van der Waals surface area contributed by atoms with Gasteiger partial charge in [-0.1, -0.05) is 0 Å². The van der Waals surface area contributed by atoms with E-state index in [2.05, 4.69) is 20.4 Å². The van der Waals surface area contributed by atoms with E-state index >= 15 is 0 Å². The third kappa shape index (κ3) is 5.17. The maximum Gasteiger partial charge on any atom is 0.490 e. The number of fused-ring (bicyclic) bond motifs is 1. The lowest BCUT2D eigenvalue weighted by molar-refractivity contribution is -0.192. The van der Waals surface area contributed by atoms with Crippen LogP contribution in [0.3, 0.4) is 0 Å². The van der Waals surface area contributed by atoms with E-state index in [9.17, 15) is 26.3 Å². The SMILES string of the molecule is N[C@H]1C[C@@H](N2Cc3cn[nH]c3C2)CN[C@@H]1c1cc(F)cc(F)c1F.O=C(O)C(F)(F)F. The summed E-state index contributed by atoms with van der Waals surface area (Å²) in [6, 6.07) is 0.702. The summed E-state index contributed by atoms with van der Waals surface area (Å²) in [7, 11) is 0. The number of carboxylic acids is 1. The lowest BCUT2D eigenvalue weighted by atomic mass is 9.89. The maximum atomic E-state index is 14.0. The first kappa shape index (κ1) is 23.0. The molecule has 0 unspecified atom stereocenters. The lowest BCUT2D eigenvalue weighted by Gasteiger charge is -2.39. The first-order valence-electron chi connectivity index (χ1n) is 9.16. The number of carbonyl (C=O) groups is 1. The van der Waals surface area contributed by atoms with Crippen molar-refractivity contribution in [3.8, 4) is 0 Å². The standard InChI is InChI=1S/C16H18F3N5.C2HF3O2/c17-9-1-11(15(19)12(18)2-9)16-13(20)3-10(5-21-16)24-6-8-4-22-23-14(8)7-24;3-2(4,5)1(6)7/h1-2,4,10,13,16,21H,3,5-7,20H2,(H,22,23);(H,6,7)/t10-,13+,16-;/m1./s1. The molecule has 0 saturated carbocycles. The molecule has 7 nitrogen and oxygen atoms in total. The van der Waals surface area contributed by atoms with Crippen LogP contribution in [0.2, 0.25) is 0 Å². The number of hydrogen-bond acceptors (Lipinski definition) is 5. The number of piperidine rings is 1. The van der Waals surface area contributed by atoms with Crippen LogP contribution in [-0.2, 0) is 17.9 Å². The number of nitrogens with zero attached hydrogens (tertiary/aromatic N) is 2. The number of aromatic amines is 1. The molecule has 2 aliphatic heterocycles. The summed E-state index contributed by atoms with van der Waals surface area (Å²) >= 11 is 0. The van der Waals surface area contributed by atoms with Crippen molar-refractivity contribution in [1.29, 1.82) is 0 Å². The van der Waals surface area contributed by atoms with Gasteiger partial charge in [-0.05, 0) is 12.5 Å². The summed E-state index contributed by atoms with van der Waals surface area (Å²) < 4.78 is 72.6. The number of aliphatic carboxylic acids is 1. The molecule has 0 amide bonds. The van der Waals surface area contributed by atoms with Gasteiger partial charge in [0.25, 0.3) is 0 Å². The number of hydrogen-bond donors (Lipinski definition) is 4. The molecule has 5 N–H and O–H groups in total. The van der Waals surface area contributed by atoms with Gasteiger partial charge in [0, 0.05) is 48.9 Å². The van der Waals surface area contributed by atoms with E-state index < -0.39 is 41.7 Å². The normalized spacial score (nSPS) is 23.8. The average molecular weight is 451 g/mol. The number of nitrogens with two attached hydrogens (primary N) is 1. The molecule has 0 radical (unpaired) electrons. The van der Waals surface area contributed by atoms with Crippen LogP contribution in [0.15, 0.2) is 18.3 Å². The van der Waals surface area contributed by atoms with Crippen molar-refractivity contribution >= 4 is 5.97 Å². The van der Waals surface area contributed by atoms with Gasteiger partial charge in [0.15, 0.2) is 11.6 Å². The van der Waals surface area contributed by atoms with Gasteiger partial charge < -0.3 is 16.2 Å². The molecule has 4 rings (SSSR count). The molecule has 2 aromatic rings. The first-order chi connectivity index (χ1) is 14.5. The fourth-order valence-corrected chi connectivity index (χ4v) is 3.72. The van der Waals surface area contributed by atoms with Crippen molar-refractivity contribution in [1.82, 2.24) is 20.4 Å². The van der Waals surface area contributed by atoms with E-state index in [0.29, 0.717) is 19.0 Å². The third-order valence-corrected chi connectivity index (χ3v) is 5.20. The summed E-state index contributed by atoms with van der Waals surface area (Å²) in [6.45, 7) is 2.13. The number of rotatable bonds is 2. The molecule has 0 spiro atoms. The number of nitrogens with one attached hydrogen (secondary N) is 2. The van der Waals surface area contributed by atoms with Crippen molar-refractivity contribution in [2.45, 2.75) is 43.8 Å². The Labute approximate surface area is 172 Å². The Morgan fingerprint density at radius 2 is 1.90 bits per heavy atom. The predicted molar refractivity (Wildman–Crippen MR) is 95.0 cm³/mol. The smallest absolute Gasteiger partial charge is 0.475 e. The Bertz CT molecular complexity index is 930. The van der Waals surface area contributed by atoms with Crippen molar-refractivity contribution in [2.24, 2.45) is 5.73 Å². The Hall–Kier alpha value is -2.64. The summed E-state index contributed by atoms with van der Waals surface area (Å²) in [5, 5.41) is 17.3. The Morgan fingerprint density at radius 1 is 1.23 bits per heavy atom. The van der Waals surface area contributed by atoms with E-state index in [1.54, 1.807) is 0 Å². The van der Waals surface area contributed by atoms with E-state index in [0.717, 1.165) is 24.8 Å². The lowest BCUT2D eigenvalue weighted by Crippen LogP contribution is -2.54. The van der Waals surface area contributed by atoms with E-state index in [1.807, 2.05) is 6.20 Å². The zero-order chi connectivity index (χ0) is 22.9. The third-order valence-electron chi connectivity index (χ3n) is 5.20. The molecule has 0 bridgehead atoms. The Balaban J connectivity index is 0.000000339. The fourth-order valence-electron chi connectivity index (χ4n) is 3.72. The second kappa shape index (κ2) is 8.85. The fraction of sp³-hybridized carbons (Fsp3) is 0.444. The molecule has 3 heterocycles. The highest BCUT2D eigenvalue weighted by atomic mass is 19.4. The molecule has 1 aromatic heterocycles. The molecule has 3 atom stereocenters. The summed E-state index contributed by atoms with van der Waals surface area (Å²) in [5.41, 5.74) is 8.42. The van der Waals surface area contributed by atoms with Crippen molar-refractivity contribution < 1.29 is 36.2 Å². The number of aromatic nitrogens is 2. The predicted octanol–water partition coefficient (Wildman–Crippen LogP) is 2.21. The van der Waals surface area contributed by atoms with Crippen LogP contribution in [0.1, 0.15) is 29.3 Å². The number of benzene rings is 1. The minimum absolute atomic E-state index is 0.0470. The van der Waals surface area contributed by atoms with E-state index in [-0.39, 0.29) is 11.6 Å². The monoisotopic (exact) mass is 451 g/mol. The van der Waals surface area contributed by atoms with Gasteiger partial charge in [-0.3, -0.25) is 10.00 Å². The first-order valence-corrected chi connectivity index (χ1v) is 9.16. The number of alkyl halides is 3. The van der Waals surface area contributed by atoms with E-state index in [1.165, 1.54) is 5.56 Å². The molecule has 2 aliphatic rings. The molecule has 31 heavy (non-hydrogen) atoms. The highest BCUT2D eigenvalue weighted by molar-refractivity contribution is 5.73. The largest absolute Gasteiger partial charge is 0.490 e. The number of carboxylic acid groups (broad SMARTS) is 1. The van der Waals surface area contributed by atoms with Gasteiger partial charge in [-0.2, -0.15) is 18.3 Å². The second-order valence-corrected chi connectivity index (χ2v) is 7.31. The molecule has 1 aromatic carbocycles. The summed E-state index contributed by atoms with van der Waals surface area (Å²) in [4.78, 5) is 11.2. The molecular formula is C18H19F6N5O2. The molecule has 1 saturated heterocycles. The minimum atomic E-state index is -5.08. The van der Waals surface area contributed by atoms with Crippen LogP contribution >= 0.6 is 0 Å². The van der Waals surface area contributed by atoms with Gasteiger partial charge in [-0.15, -0.1) is 0 Å². The topological polar surface area (TPSA) is 107 Å². The van der Waals surface area contributed by atoms with Gasteiger partial charge in [0.1, 0.15) is 5.82 Å². The van der Waals surface area contributed by atoms with Gasteiger partial charge >= 0.3 is 12.1 Å². The number of halogens is 6. The molecule has 0 aliphatic carbocycles. The highest BCUT2D eigenvalue weighted by Crippen LogP contribution is 2.31. The zero-order valence-corrected chi connectivity index (χ0v) is 15.9. The minimum Gasteiger partial charge on any atom is -0.475 e. The van der Waals surface area contributed by atoms with Crippen LogP contribution in [0.25, 0.3) is 0 Å². The molecular weight excluding hydrogens is 432 g/mol. The molecule has 13 heteroatoms. The van der Waals surface area contributed by atoms with Gasteiger partial charge in [0.05, 0.1) is 17.9 Å². The van der Waals surface area contributed by atoms with Crippen LogP contribution in [0.4, 0.5) is 26.3 Å². The van der Waals surface area contributed by atoms with Crippen LogP contribution in [0, 0.1) is 17.5 Å². The van der Waals surface area contributed by atoms with Crippen LogP contribution in [0.5, 0.6) is 0 Å². The van der Waals surface area contributed by atoms with Gasteiger partial charge in [0.2, 0.25) is 0 Å². The Morgan fingerprint density at radius 3 is 2.48 bits per heavy atom. The van der Waals surface area contributed by atoms with Crippen molar-refractivity contribution in [3.63, 3.8) is 0 Å². The second-order valence-electron chi connectivity index (χ2n) is 7.31. The average Bonchev–Trinajstić information content (AvgIpc) is 3.26. The van der Waals surface area contributed by atoms with Crippen LogP contribution < -0.4 is 11.1 Å². The van der Waals surface area contributed by atoms with Crippen molar-refractivity contribution in [3.05, 3.63) is 52.6 Å². The number of H-pyrrole nitrogens is 1. The van der Waals surface area contributed by atoms with Crippen molar-refractivity contribution in [2.75, 3.05) is 6.54 Å². The Kier molecular flexibility index (Phi) is 6.57. The van der Waals surface area contributed by atoms with Gasteiger partial charge in [-0.25, -0.2) is 18.0 Å². The van der Waals surface area contributed by atoms with E-state index in [4.69, 9.17) is 15.6 Å². The summed E-state index contributed by atoms with van der Waals surface area (Å²) in [5.74, 6) is -5.78. The maximum absolute atomic E-state index is 14.0. The van der Waals surface area contributed by atoms with Crippen LogP contribution in [-0.4, -0.2) is 51.0 Å². The summed E-state index contributed by atoms with van der Waals surface area (Å²) in [6.07, 6.45) is -2.65.